The van der Waals surface area contributed by atoms with Gasteiger partial charge in [-0.15, -0.1) is 0 Å². The first-order chi connectivity index (χ1) is 14.4. The van der Waals surface area contributed by atoms with Crippen molar-refractivity contribution in [1.29, 1.82) is 0 Å². The van der Waals surface area contributed by atoms with E-state index in [1.54, 1.807) is 0 Å². The number of aliphatic hydroxyl groups is 1. The molecule has 9 N–H and O–H groups in total. The Kier molecular flexibility index (Phi) is 12.8. The van der Waals surface area contributed by atoms with Crippen LogP contribution in [0, 0.1) is 0 Å². The molecule has 0 aliphatic heterocycles. The molecule has 3 amide bonds. The number of carboxylic acid groups (broad SMARTS) is 3. The van der Waals surface area contributed by atoms with Crippen LogP contribution in [0.2, 0.25) is 0 Å². The van der Waals surface area contributed by atoms with Gasteiger partial charge in [-0.05, 0) is 12.8 Å². The van der Waals surface area contributed by atoms with Gasteiger partial charge in [0, 0.05) is 18.6 Å². The maximum atomic E-state index is 12.5. The molecule has 0 aromatic carbocycles. The summed E-state index contributed by atoms with van der Waals surface area (Å²) < 4.78 is 0. The van der Waals surface area contributed by atoms with Gasteiger partial charge in [0.2, 0.25) is 17.7 Å². The SMILES string of the molecule is NC(CCC(=O)O)C(=O)NC(CCC(=O)O)C(=O)NC(CO)C(=O)NC(CS)C(=O)O. The number of hydrogen-bond donors (Lipinski definition) is 9. The number of nitrogens with one attached hydrogen (secondary N) is 3. The number of carboxylic acids is 3. The Hall–Kier alpha value is -2.91. The minimum Gasteiger partial charge on any atom is -0.481 e. The molecule has 176 valence electrons. The molecule has 0 spiro atoms. The summed E-state index contributed by atoms with van der Waals surface area (Å²) >= 11 is 3.77. The van der Waals surface area contributed by atoms with Gasteiger partial charge in [-0.2, -0.15) is 12.6 Å². The van der Waals surface area contributed by atoms with Gasteiger partial charge in [0.15, 0.2) is 0 Å². The van der Waals surface area contributed by atoms with Crippen LogP contribution < -0.4 is 21.7 Å². The molecule has 0 bridgehead atoms. The van der Waals surface area contributed by atoms with Gasteiger partial charge in [-0.1, -0.05) is 0 Å². The quantitative estimate of drug-likeness (QED) is 0.107. The highest BCUT2D eigenvalue weighted by molar-refractivity contribution is 7.80. The van der Waals surface area contributed by atoms with E-state index in [2.05, 4.69) is 28.6 Å². The molecule has 0 aliphatic carbocycles. The molecule has 4 atom stereocenters. The van der Waals surface area contributed by atoms with Crippen molar-refractivity contribution in [3.63, 3.8) is 0 Å². The minimum absolute atomic E-state index is 0.240. The zero-order chi connectivity index (χ0) is 24.1. The lowest BCUT2D eigenvalue weighted by Gasteiger charge is -2.23. The van der Waals surface area contributed by atoms with Crippen LogP contribution in [-0.2, 0) is 28.8 Å². The van der Waals surface area contributed by atoms with Gasteiger partial charge >= 0.3 is 17.9 Å². The van der Waals surface area contributed by atoms with Crippen molar-refractivity contribution in [2.75, 3.05) is 12.4 Å². The Morgan fingerprint density at radius 1 is 0.742 bits per heavy atom. The average molecular weight is 466 g/mol. The fourth-order valence-corrected chi connectivity index (χ4v) is 2.40. The molecular formula is C16H26N4O10S. The first-order valence-corrected chi connectivity index (χ1v) is 9.60. The molecule has 0 aromatic heterocycles. The zero-order valence-electron chi connectivity index (χ0n) is 16.3. The molecule has 0 saturated heterocycles. The van der Waals surface area contributed by atoms with E-state index in [1.807, 2.05) is 0 Å². The Morgan fingerprint density at radius 3 is 1.65 bits per heavy atom. The number of carbonyl (C=O) groups excluding carboxylic acids is 3. The number of aliphatic hydroxyl groups excluding tert-OH is 1. The van der Waals surface area contributed by atoms with Crippen LogP contribution >= 0.6 is 12.6 Å². The number of amides is 3. The second kappa shape index (κ2) is 14.2. The second-order valence-corrected chi connectivity index (χ2v) is 6.72. The second-order valence-electron chi connectivity index (χ2n) is 6.36. The minimum atomic E-state index is -1.60. The van der Waals surface area contributed by atoms with E-state index < -0.39 is 85.7 Å². The number of hydrogen-bond acceptors (Lipinski definition) is 9. The molecular weight excluding hydrogens is 440 g/mol. The van der Waals surface area contributed by atoms with Gasteiger partial charge in [-0.3, -0.25) is 24.0 Å². The van der Waals surface area contributed by atoms with Crippen LogP contribution in [0.5, 0.6) is 0 Å². The van der Waals surface area contributed by atoms with Gasteiger partial charge in [-0.25, -0.2) is 4.79 Å². The van der Waals surface area contributed by atoms with Gasteiger partial charge in [0.05, 0.1) is 12.6 Å². The van der Waals surface area contributed by atoms with Crippen LogP contribution in [0.4, 0.5) is 0 Å². The van der Waals surface area contributed by atoms with Crippen molar-refractivity contribution in [2.24, 2.45) is 5.73 Å². The van der Waals surface area contributed by atoms with E-state index >= 15 is 0 Å². The molecule has 15 heteroatoms. The summed E-state index contributed by atoms with van der Waals surface area (Å²) in [6, 6.07) is -5.75. The molecule has 0 aromatic rings. The fraction of sp³-hybridized carbons (Fsp3) is 0.625. The summed E-state index contributed by atoms with van der Waals surface area (Å²) in [7, 11) is 0. The van der Waals surface area contributed by atoms with Crippen molar-refractivity contribution in [1.82, 2.24) is 16.0 Å². The lowest BCUT2D eigenvalue weighted by molar-refractivity contribution is -0.142. The molecule has 0 rings (SSSR count). The van der Waals surface area contributed by atoms with Crippen molar-refractivity contribution in [3.05, 3.63) is 0 Å². The van der Waals surface area contributed by atoms with E-state index in [0.29, 0.717) is 0 Å². The van der Waals surface area contributed by atoms with Crippen LogP contribution in [0.25, 0.3) is 0 Å². The Labute approximate surface area is 182 Å². The predicted octanol–water partition coefficient (Wildman–Crippen LogP) is -3.50. The molecule has 0 fully saturated rings. The molecule has 0 heterocycles. The lowest BCUT2D eigenvalue weighted by atomic mass is 10.1. The molecule has 4 unspecified atom stereocenters. The summed E-state index contributed by atoms with van der Waals surface area (Å²) in [6.45, 7) is -0.922. The third-order valence-electron chi connectivity index (χ3n) is 3.90. The maximum Gasteiger partial charge on any atom is 0.327 e. The third kappa shape index (κ3) is 11.2. The average Bonchev–Trinajstić information content (AvgIpc) is 2.70. The molecule has 14 nitrogen and oxygen atoms in total. The van der Waals surface area contributed by atoms with Crippen molar-refractivity contribution in [3.8, 4) is 0 Å². The largest absolute Gasteiger partial charge is 0.481 e. The van der Waals surface area contributed by atoms with E-state index in [-0.39, 0.29) is 12.2 Å². The topological polar surface area (TPSA) is 245 Å². The number of aliphatic carboxylic acids is 3. The first-order valence-electron chi connectivity index (χ1n) is 8.97. The normalized spacial score (nSPS) is 14.4. The van der Waals surface area contributed by atoms with E-state index in [9.17, 15) is 33.9 Å². The summed E-state index contributed by atoms with van der Waals surface area (Å²) in [5, 5.41) is 42.1. The van der Waals surface area contributed by atoms with Crippen molar-refractivity contribution in [2.45, 2.75) is 49.9 Å². The van der Waals surface area contributed by atoms with Crippen LogP contribution in [0.1, 0.15) is 25.7 Å². The summed E-state index contributed by atoms with van der Waals surface area (Å²) in [6.07, 6.45) is -1.59. The predicted molar refractivity (Wildman–Crippen MR) is 106 cm³/mol. The highest BCUT2D eigenvalue weighted by atomic mass is 32.1. The maximum absolute atomic E-state index is 12.5. The highest BCUT2D eigenvalue weighted by Gasteiger charge is 2.30. The number of rotatable bonds is 15. The van der Waals surface area contributed by atoms with E-state index in [4.69, 9.17) is 21.1 Å². The number of nitrogens with two attached hydrogens (primary N) is 1. The standard InChI is InChI=1S/C16H26N4O10S/c17-7(1-3-11(22)23)13(26)18-8(2-4-12(24)25)14(27)19-9(5-21)15(28)20-10(6-31)16(29)30/h7-10,21,31H,1-6,17H2,(H,18,26)(H,19,27)(H,20,28)(H,22,23)(H,24,25)(H,29,30). The van der Waals surface area contributed by atoms with E-state index in [0.717, 1.165) is 0 Å². The summed E-state index contributed by atoms with van der Waals surface area (Å²) in [5.74, 6) is -7.13. The first kappa shape index (κ1) is 28.1. The van der Waals surface area contributed by atoms with Crippen molar-refractivity contribution < 1.29 is 49.2 Å². The third-order valence-corrected chi connectivity index (χ3v) is 4.26. The number of thiol groups is 1. The van der Waals surface area contributed by atoms with Gasteiger partial charge in [0.25, 0.3) is 0 Å². The van der Waals surface area contributed by atoms with Crippen LogP contribution in [0.3, 0.4) is 0 Å². The summed E-state index contributed by atoms with van der Waals surface area (Å²) in [5.41, 5.74) is 5.55. The van der Waals surface area contributed by atoms with Crippen LogP contribution in [-0.4, -0.2) is 92.6 Å². The van der Waals surface area contributed by atoms with Gasteiger partial charge < -0.3 is 42.1 Å². The number of carbonyl (C=O) groups is 6. The Bertz CT molecular complexity index is 689. The lowest BCUT2D eigenvalue weighted by Crippen LogP contribution is -2.58. The molecule has 0 radical (unpaired) electrons. The molecule has 0 aliphatic rings. The monoisotopic (exact) mass is 466 g/mol. The highest BCUT2D eigenvalue weighted by Crippen LogP contribution is 2.03. The smallest absolute Gasteiger partial charge is 0.327 e. The summed E-state index contributed by atoms with van der Waals surface area (Å²) in [4.78, 5) is 69.1. The van der Waals surface area contributed by atoms with E-state index in [1.165, 1.54) is 0 Å². The zero-order valence-corrected chi connectivity index (χ0v) is 17.2. The fourth-order valence-electron chi connectivity index (χ4n) is 2.15. The Morgan fingerprint density at radius 2 is 1.19 bits per heavy atom. The van der Waals surface area contributed by atoms with Crippen molar-refractivity contribution >= 4 is 48.3 Å². The molecule has 31 heavy (non-hydrogen) atoms. The van der Waals surface area contributed by atoms with Crippen LogP contribution in [0.15, 0.2) is 0 Å². The Balaban J connectivity index is 5.21. The van der Waals surface area contributed by atoms with Gasteiger partial charge in [0.1, 0.15) is 18.1 Å². The molecule has 0 saturated carbocycles.